The van der Waals surface area contributed by atoms with Gasteiger partial charge in [0.05, 0.1) is 16.7 Å². The van der Waals surface area contributed by atoms with Crippen molar-refractivity contribution in [3.8, 4) is 11.4 Å². The number of aromatic nitrogens is 2. The number of rotatable bonds is 5. The van der Waals surface area contributed by atoms with Crippen LogP contribution in [0.1, 0.15) is 26.3 Å². The molecular formula is C26H26N4O4. The van der Waals surface area contributed by atoms with Gasteiger partial charge in [-0.25, -0.2) is 14.6 Å². The monoisotopic (exact) mass is 458 g/mol. The van der Waals surface area contributed by atoms with Crippen LogP contribution >= 0.6 is 0 Å². The lowest BCUT2D eigenvalue weighted by Crippen LogP contribution is -2.27. The molecule has 1 aromatic heterocycles. The van der Waals surface area contributed by atoms with Crippen molar-refractivity contribution in [2.45, 2.75) is 33.0 Å². The van der Waals surface area contributed by atoms with Gasteiger partial charge < -0.3 is 14.5 Å². The number of imidazole rings is 1. The van der Waals surface area contributed by atoms with Gasteiger partial charge in [0.1, 0.15) is 18.0 Å². The molecule has 8 nitrogen and oxygen atoms in total. The first-order valence-electron chi connectivity index (χ1n) is 10.8. The Balaban J connectivity index is 1.62. The molecule has 4 rings (SSSR count). The number of carbonyl (C=O) groups is 2. The molecule has 0 atom stereocenters. The van der Waals surface area contributed by atoms with Gasteiger partial charge in [0.2, 0.25) is 0 Å². The van der Waals surface area contributed by atoms with E-state index >= 15 is 0 Å². The maximum absolute atomic E-state index is 12.5. The van der Waals surface area contributed by atoms with Gasteiger partial charge in [0, 0.05) is 11.3 Å². The molecule has 0 aliphatic rings. The van der Waals surface area contributed by atoms with E-state index in [0.717, 1.165) is 11.1 Å². The number of aromatic amines is 1. The number of nitrogens with one attached hydrogen (secondary N) is 3. The summed E-state index contributed by atoms with van der Waals surface area (Å²) in [5.41, 5.74) is 3.11. The summed E-state index contributed by atoms with van der Waals surface area (Å²) in [7, 11) is 0. The number of amides is 2. The summed E-state index contributed by atoms with van der Waals surface area (Å²) in [6.45, 7) is 5.48. The van der Waals surface area contributed by atoms with Gasteiger partial charge >= 0.3 is 12.2 Å². The summed E-state index contributed by atoms with van der Waals surface area (Å²) < 4.78 is 10.7. The molecule has 0 aliphatic heterocycles. The van der Waals surface area contributed by atoms with E-state index in [-0.39, 0.29) is 6.61 Å². The molecule has 0 radical (unpaired) electrons. The zero-order valence-electron chi connectivity index (χ0n) is 19.2. The number of benzene rings is 3. The lowest BCUT2D eigenvalue weighted by molar-refractivity contribution is 0.0636. The molecule has 174 valence electrons. The first-order valence-corrected chi connectivity index (χ1v) is 10.8. The minimum Gasteiger partial charge on any atom is -0.444 e. The summed E-state index contributed by atoms with van der Waals surface area (Å²) in [6.07, 6.45) is -1.24. The highest BCUT2D eigenvalue weighted by Crippen LogP contribution is 2.30. The third-order valence-corrected chi connectivity index (χ3v) is 4.74. The molecule has 0 saturated carbocycles. The van der Waals surface area contributed by atoms with Crippen molar-refractivity contribution in [1.29, 1.82) is 0 Å². The van der Waals surface area contributed by atoms with Gasteiger partial charge in [-0.3, -0.25) is 10.6 Å². The molecule has 0 bridgehead atoms. The van der Waals surface area contributed by atoms with Gasteiger partial charge in [-0.15, -0.1) is 0 Å². The molecular weight excluding hydrogens is 432 g/mol. The number of anilines is 2. The molecule has 4 aromatic rings. The second-order valence-electron chi connectivity index (χ2n) is 8.68. The third kappa shape index (κ3) is 5.92. The largest absolute Gasteiger partial charge is 0.444 e. The summed E-state index contributed by atoms with van der Waals surface area (Å²) in [4.78, 5) is 32.8. The van der Waals surface area contributed by atoms with Crippen molar-refractivity contribution in [2.75, 3.05) is 10.6 Å². The Morgan fingerprint density at radius 2 is 1.59 bits per heavy atom. The molecule has 0 unspecified atom stereocenters. The van der Waals surface area contributed by atoms with E-state index in [2.05, 4.69) is 20.6 Å². The van der Waals surface area contributed by atoms with E-state index in [0.29, 0.717) is 28.2 Å². The summed E-state index contributed by atoms with van der Waals surface area (Å²) >= 11 is 0. The molecule has 1 heterocycles. The number of hydrogen-bond acceptors (Lipinski definition) is 5. The predicted molar refractivity (Wildman–Crippen MR) is 132 cm³/mol. The van der Waals surface area contributed by atoms with Crippen molar-refractivity contribution in [1.82, 2.24) is 9.97 Å². The first kappa shape index (κ1) is 22.8. The number of fused-ring (bicyclic) bond motifs is 1. The van der Waals surface area contributed by atoms with Crippen molar-refractivity contribution in [3.63, 3.8) is 0 Å². The fraction of sp³-hybridized carbons (Fsp3) is 0.192. The molecule has 8 heteroatoms. The Labute approximate surface area is 197 Å². The van der Waals surface area contributed by atoms with Crippen molar-refractivity contribution < 1.29 is 19.1 Å². The Morgan fingerprint density at radius 1 is 0.912 bits per heavy atom. The van der Waals surface area contributed by atoms with Gasteiger partial charge in [-0.05, 0) is 38.5 Å². The smallest absolute Gasteiger partial charge is 0.412 e. The number of hydrogen-bond donors (Lipinski definition) is 3. The molecule has 2 amide bonds. The molecule has 0 aliphatic carbocycles. The van der Waals surface area contributed by atoms with Crippen LogP contribution < -0.4 is 10.6 Å². The average molecular weight is 459 g/mol. The van der Waals surface area contributed by atoms with E-state index in [1.165, 1.54) is 0 Å². The van der Waals surface area contributed by atoms with Crippen LogP contribution in [0.2, 0.25) is 0 Å². The molecule has 3 aromatic carbocycles. The van der Waals surface area contributed by atoms with Crippen LogP contribution in [0.4, 0.5) is 21.0 Å². The molecule has 0 fully saturated rings. The Kier molecular flexibility index (Phi) is 6.49. The van der Waals surface area contributed by atoms with E-state index in [1.807, 2.05) is 60.7 Å². The van der Waals surface area contributed by atoms with Crippen LogP contribution in [0.5, 0.6) is 0 Å². The normalized spacial score (nSPS) is 11.1. The molecule has 0 saturated heterocycles. The van der Waals surface area contributed by atoms with E-state index < -0.39 is 17.8 Å². The zero-order chi connectivity index (χ0) is 24.1. The highest BCUT2D eigenvalue weighted by molar-refractivity contribution is 6.01. The maximum Gasteiger partial charge on any atom is 0.412 e. The second-order valence-corrected chi connectivity index (χ2v) is 8.68. The Hall–Kier alpha value is -4.33. The third-order valence-electron chi connectivity index (χ3n) is 4.74. The first-order chi connectivity index (χ1) is 16.3. The van der Waals surface area contributed by atoms with Gasteiger partial charge in [0.15, 0.2) is 0 Å². The van der Waals surface area contributed by atoms with Crippen LogP contribution in [-0.4, -0.2) is 27.8 Å². The van der Waals surface area contributed by atoms with Crippen molar-refractivity contribution in [2.24, 2.45) is 0 Å². The maximum atomic E-state index is 12.5. The Bertz CT molecular complexity index is 1300. The summed E-state index contributed by atoms with van der Waals surface area (Å²) in [5.74, 6) is 0.630. The number of nitrogens with zero attached hydrogens (tertiary/aromatic N) is 1. The van der Waals surface area contributed by atoms with Gasteiger partial charge in [-0.1, -0.05) is 60.7 Å². The zero-order valence-corrected chi connectivity index (χ0v) is 19.2. The summed E-state index contributed by atoms with van der Waals surface area (Å²) in [6, 6.07) is 22.3. The SMILES string of the molecule is CC(C)(C)OC(=O)Nc1cc(NC(=O)OCc2ccccc2)c2[nH]c(-c3ccccc3)nc2c1. The highest BCUT2D eigenvalue weighted by atomic mass is 16.6. The van der Waals surface area contributed by atoms with Crippen LogP contribution in [-0.2, 0) is 16.1 Å². The van der Waals surface area contributed by atoms with Crippen molar-refractivity contribution >= 4 is 34.6 Å². The van der Waals surface area contributed by atoms with Crippen LogP contribution in [0.25, 0.3) is 22.4 Å². The number of H-pyrrole nitrogens is 1. The van der Waals surface area contributed by atoms with E-state index in [9.17, 15) is 9.59 Å². The molecule has 34 heavy (non-hydrogen) atoms. The minimum atomic E-state index is -0.649. The van der Waals surface area contributed by atoms with Crippen LogP contribution in [0.3, 0.4) is 0 Å². The molecule has 0 spiro atoms. The van der Waals surface area contributed by atoms with E-state index in [1.54, 1.807) is 32.9 Å². The van der Waals surface area contributed by atoms with Gasteiger partial charge in [-0.2, -0.15) is 0 Å². The lowest BCUT2D eigenvalue weighted by atomic mass is 10.2. The predicted octanol–water partition coefficient (Wildman–Crippen LogP) is 6.33. The topological polar surface area (TPSA) is 105 Å². The van der Waals surface area contributed by atoms with Crippen molar-refractivity contribution in [3.05, 3.63) is 78.4 Å². The quantitative estimate of drug-likeness (QED) is 0.324. The van der Waals surface area contributed by atoms with Gasteiger partial charge in [0.25, 0.3) is 0 Å². The highest BCUT2D eigenvalue weighted by Gasteiger charge is 2.18. The molecule has 3 N–H and O–H groups in total. The number of ether oxygens (including phenoxy) is 2. The minimum absolute atomic E-state index is 0.129. The summed E-state index contributed by atoms with van der Waals surface area (Å²) in [5, 5.41) is 5.46. The number of carbonyl (C=O) groups excluding carboxylic acids is 2. The fourth-order valence-electron chi connectivity index (χ4n) is 3.31. The van der Waals surface area contributed by atoms with Crippen LogP contribution in [0.15, 0.2) is 72.8 Å². The standard InChI is InChI=1S/C26H26N4O4/c1-26(2,3)34-25(32)27-19-14-20-22(30-23(28-20)18-12-8-5-9-13-18)21(15-19)29-24(31)33-16-17-10-6-4-7-11-17/h4-15H,16H2,1-3H3,(H,27,32)(H,28,30)(H,29,31). The fourth-order valence-corrected chi connectivity index (χ4v) is 3.31. The van der Waals surface area contributed by atoms with E-state index in [4.69, 9.17) is 9.47 Å². The Morgan fingerprint density at radius 3 is 2.26 bits per heavy atom. The van der Waals surface area contributed by atoms with Crippen LogP contribution in [0, 0.1) is 0 Å². The lowest BCUT2D eigenvalue weighted by Gasteiger charge is -2.20. The average Bonchev–Trinajstić information content (AvgIpc) is 3.22. The second kappa shape index (κ2) is 9.66.